The second-order valence-corrected chi connectivity index (χ2v) is 6.57. The highest BCUT2D eigenvalue weighted by Gasteiger charge is 2.22. The first-order valence-electron chi connectivity index (χ1n) is 7.62. The summed E-state index contributed by atoms with van der Waals surface area (Å²) in [4.78, 5) is 19.0. The van der Waals surface area contributed by atoms with Crippen molar-refractivity contribution in [3.05, 3.63) is 57.2 Å². The third-order valence-electron chi connectivity index (χ3n) is 3.86. The molecular weight excluding hydrogens is 324 g/mol. The second-order valence-electron chi connectivity index (χ2n) is 5.69. The average Bonchev–Trinajstić information content (AvgIpc) is 3.31. The molecule has 0 amide bonds. The van der Waals surface area contributed by atoms with Crippen molar-refractivity contribution in [3.8, 4) is 0 Å². The molecule has 0 spiro atoms. The molecule has 1 saturated carbocycles. The van der Waals surface area contributed by atoms with Crippen LogP contribution < -0.4 is 5.32 Å². The Balaban J connectivity index is 1.60. The van der Waals surface area contributed by atoms with Crippen molar-refractivity contribution in [2.45, 2.75) is 18.9 Å². The van der Waals surface area contributed by atoms with Gasteiger partial charge in [-0.25, -0.2) is 9.97 Å². The van der Waals surface area contributed by atoms with Crippen molar-refractivity contribution in [2.75, 3.05) is 5.32 Å². The Morgan fingerprint density at radius 2 is 2.00 bits per heavy atom. The first kappa shape index (κ1) is 14.8. The molecule has 7 heteroatoms. The molecule has 2 heterocycles. The number of hydrogen-bond acceptors (Lipinski definition) is 6. The number of nitrogens with zero attached hydrogens (tertiary/aromatic N) is 3. The van der Waals surface area contributed by atoms with Gasteiger partial charge < -0.3 is 5.32 Å². The van der Waals surface area contributed by atoms with Crippen LogP contribution >= 0.6 is 11.3 Å². The first-order chi connectivity index (χ1) is 11.7. The number of anilines is 1. The summed E-state index contributed by atoms with van der Waals surface area (Å²) in [5.74, 6) is 0.905. The van der Waals surface area contributed by atoms with Gasteiger partial charge in [0.1, 0.15) is 12.1 Å². The predicted molar refractivity (Wildman–Crippen MR) is 96.1 cm³/mol. The van der Waals surface area contributed by atoms with E-state index in [9.17, 15) is 10.1 Å². The number of non-ortho nitro benzene ring substituents is 1. The van der Waals surface area contributed by atoms with Gasteiger partial charge in [-0.05, 0) is 30.5 Å². The first-order valence-corrected chi connectivity index (χ1v) is 8.50. The van der Waals surface area contributed by atoms with Gasteiger partial charge >= 0.3 is 0 Å². The molecule has 120 valence electrons. The van der Waals surface area contributed by atoms with Gasteiger partial charge in [0.2, 0.25) is 0 Å². The SMILES string of the molecule is O=[N+]([O-])c1ccc(/C=C/c2csc3c(NC4CC4)ncnc23)cc1. The van der Waals surface area contributed by atoms with Crippen molar-refractivity contribution in [3.63, 3.8) is 0 Å². The molecule has 3 aromatic rings. The summed E-state index contributed by atoms with van der Waals surface area (Å²) in [6.07, 6.45) is 7.89. The van der Waals surface area contributed by atoms with Gasteiger partial charge in [-0.3, -0.25) is 10.1 Å². The third-order valence-corrected chi connectivity index (χ3v) is 4.85. The van der Waals surface area contributed by atoms with Crippen LogP contribution in [0.25, 0.3) is 22.4 Å². The highest BCUT2D eigenvalue weighted by atomic mass is 32.1. The van der Waals surface area contributed by atoms with Crippen molar-refractivity contribution < 1.29 is 4.92 Å². The fourth-order valence-corrected chi connectivity index (χ4v) is 3.34. The Kier molecular flexibility index (Phi) is 3.70. The molecule has 1 aliphatic rings. The van der Waals surface area contributed by atoms with Gasteiger partial charge in [-0.1, -0.05) is 12.2 Å². The second kappa shape index (κ2) is 6.01. The maximum absolute atomic E-state index is 10.7. The summed E-state index contributed by atoms with van der Waals surface area (Å²) in [5, 5.41) is 16.2. The Morgan fingerprint density at radius 1 is 1.21 bits per heavy atom. The molecule has 24 heavy (non-hydrogen) atoms. The maximum atomic E-state index is 10.7. The molecule has 2 aromatic heterocycles. The molecule has 1 N–H and O–H groups in total. The smallest absolute Gasteiger partial charge is 0.269 e. The Hall–Kier alpha value is -2.80. The molecule has 0 bridgehead atoms. The van der Waals surface area contributed by atoms with E-state index in [-0.39, 0.29) is 5.69 Å². The summed E-state index contributed by atoms with van der Waals surface area (Å²) in [6.45, 7) is 0. The summed E-state index contributed by atoms with van der Waals surface area (Å²) >= 11 is 1.62. The van der Waals surface area contributed by atoms with Crippen molar-refractivity contribution >= 4 is 45.2 Å². The summed E-state index contributed by atoms with van der Waals surface area (Å²) < 4.78 is 1.06. The Labute approximate surface area is 142 Å². The lowest BCUT2D eigenvalue weighted by Crippen LogP contribution is -2.03. The van der Waals surface area contributed by atoms with E-state index >= 15 is 0 Å². The van der Waals surface area contributed by atoms with E-state index in [4.69, 9.17) is 0 Å². The van der Waals surface area contributed by atoms with Gasteiger partial charge in [0.25, 0.3) is 5.69 Å². The standard InChI is InChI=1S/C17H14N4O2S/c22-21(23)14-7-2-11(3-8-14)1-4-12-9-24-16-15(12)18-10-19-17(16)20-13-5-6-13/h1-4,7-10,13H,5-6H2,(H,18,19,20)/b4-1+. The largest absolute Gasteiger partial charge is 0.366 e. The quantitative estimate of drug-likeness (QED) is 0.553. The minimum atomic E-state index is -0.398. The van der Waals surface area contributed by atoms with Gasteiger partial charge in [0, 0.05) is 29.1 Å². The molecule has 6 nitrogen and oxygen atoms in total. The van der Waals surface area contributed by atoms with E-state index in [2.05, 4.69) is 20.7 Å². The lowest BCUT2D eigenvalue weighted by molar-refractivity contribution is -0.384. The van der Waals surface area contributed by atoms with Gasteiger partial charge in [0.05, 0.1) is 15.1 Å². The number of rotatable bonds is 5. The minimum Gasteiger partial charge on any atom is -0.366 e. The molecule has 0 atom stereocenters. The summed E-state index contributed by atoms with van der Waals surface area (Å²) in [7, 11) is 0. The molecule has 1 fully saturated rings. The monoisotopic (exact) mass is 338 g/mol. The van der Waals surface area contributed by atoms with Crippen LogP contribution in [0.15, 0.2) is 36.0 Å². The zero-order valence-electron chi connectivity index (χ0n) is 12.7. The Bertz CT molecular complexity index is 929. The van der Waals surface area contributed by atoms with Crippen molar-refractivity contribution in [1.29, 1.82) is 0 Å². The highest BCUT2D eigenvalue weighted by molar-refractivity contribution is 7.18. The normalized spacial score (nSPS) is 14.3. The van der Waals surface area contributed by atoms with Gasteiger partial charge in [-0.15, -0.1) is 11.3 Å². The average molecular weight is 338 g/mol. The number of nitrogens with one attached hydrogen (secondary N) is 1. The fraction of sp³-hybridized carbons (Fsp3) is 0.176. The van der Waals surface area contributed by atoms with Crippen molar-refractivity contribution in [2.24, 2.45) is 0 Å². The van der Waals surface area contributed by atoms with E-state index in [0.717, 1.165) is 27.2 Å². The molecule has 1 aliphatic carbocycles. The van der Waals surface area contributed by atoms with Crippen LogP contribution in [0, 0.1) is 10.1 Å². The zero-order chi connectivity index (χ0) is 16.5. The molecule has 1 aromatic carbocycles. The lowest BCUT2D eigenvalue weighted by atomic mass is 10.1. The molecular formula is C17H14N4O2S. The fourth-order valence-electron chi connectivity index (χ4n) is 2.40. The molecule has 0 unspecified atom stereocenters. The van der Waals surface area contributed by atoms with Crippen LogP contribution in [0.5, 0.6) is 0 Å². The Morgan fingerprint density at radius 3 is 2.71 bits per heavy atom. The van der Waals surface area contributed by atoms with Crippen LogP contribution in [0.3, 0.4) is 0 Å². The van der Waals surface area contributed by atoms with E-state index in [1.54, 1.807) is 29.8 Å². The highest BCUT2D eigenvalue weighted by Crippen LogP contribution is 2.33. The number of nitro benzene ring substituents is 1. The minimum absolute atomic E-state index is 0.0941. The van der Waals surface area contributed by atoms with Crippen LogP contribution in [-0.2, 0) is 0 Å². The number of aromatic nitrogens is 2. The zero-order valence-corrected chi connectivity index (χ0v) is 13.5. The summed E-state index contributed by atoms with van der Waals surface area (Å²) in [5.41, 5.74) is 2.95. The number of thiophene rings is 1. The summed E-state index contributed by atoms with van der Waals surface area (Å²) in [6, 6.07) is 7.02. The third kappa shape index (κ3) is 2.98. The number of hydrogen-bond donors (Lipinski definition) is 1. The maximum Gasteiger partial charge on any atom is 0.269 e. The molecule has 0 aliphatic heterocycles. The topological polar surface area (TPSA) is 81.0 Å². The lowest BCUT2D eigenvalue weighted by Gasteiger charge is -2.03. The van der Waals surface area contributed by atoms with E-state index in [0.29, 0.717) is 6.04 Å². The van der Waals surface area contributed by atoms with E-state index in [1.165, 1.54) is 25.0 Å². The molecule has 0 radical (unpaired) electrons. The van der Waals surface area contributed by atoms with Gasteiger partial charge in [0.15, 0.2) is 0 Å². The predicted octanol–water partition coefficient (Wildman–Crippen LogP) is 4.34. The number of fused-ring (bicyclic) bond motifs is 1. The molecule has 0 saturated heterocycles. The van der Waals surface area contributed by atoms with E-state index in [1.807, 2.05) is 12.2 Å². The number of benzene rings is 1. The van der Waals surface area contributed by atoms with Gasteiger partial charge in [-0.2, -0.15) is 0 Å². The van der Waals surface area contributed by atoms with Crippen LogP contribution in [0.4, 0.5) is 11.5 Å². The van der Waals surface area contributed by atoms with Crippen LogP contribution in [-0.4, -0.2) is 20.9 Å². The van der Waals surface area contributed by atoms with E-state index < -0.39 is 4.92 Å². The number of nitro groups is 1. The van der Waals surface area contributed by atoms with Crippen LogP contribution in [0.2, 0.25) is 0 Å². The van der Waals surface area contributed by atoms with Crippen LogP contribution in [0.1, 0.15) is 24.0 Å². The molecule has 4 rings (SSSR count). The van der Waals surface area contributed by atoms with Crippen molar-refractivity contribution in [1.82, 2.24) is 9.97 Å².